The Morgan fingerprint density at radius 3 is 2.57 bits per heavy atom. The number of hydrogen-bond donors (Lipinski definition) is 3. The quantitative estimate of drug-likeness (QED) is 0.779. The van der Waals surface area contributed by atoms with Crippen LogP contribution in [-0.2, 0) is 11.2 Å². The molecule has 0 spiro atoms. The van der Waals surface area contributed by atoms with Crippen LogP contribution in [0.15, 0.2) is 30.3 Å². The van der Waals surface area contributed by atoms with Crippen molar-refractivity contribution in [2.24, 2.45) is 0 Å². The molecule has 2 amide bonds. The van der Waals surface area contributed by atoms with E-state index in [1.807, 2.05) is 30.3 Å². The second-order valence-corrected chi connectivity index (χ2v) is 5.49. The number of nitrogens with one attached hydrogen (secondary N) is 2. The summed E-state index contributed by atoms with van der Waals surface area (Å²) in [4.78, 5) is 23.0. The van der Waals surface area contributed by atoms with Gasteiger partial charge >= 0.3 is 12.0 Å². The Bertz CT molecular complexity index is 629. The molecule has 2 aromatic rings. The number of carbonyl (C=O) groups is 2. The van der Waals surface area contributed by atoms with Crippen molar-refractivity contribution in [1.82, 2.24) is 15.5 Å². The van der Waals surface area contributed by atoms with Crippen LogP contribution in [0.25, 0.3) is 0 Å². The average Bonchev–Trinajstić information content (AvgIpc) is 2.84. The highest BCUT2D eigenvalue weighted by Gasteiger charge is 2.20. The Labute approximate surface area is 125 Å². The van der Waals surface area contributed by atoms with Gasteiger partial charge in [-0.05, 0) is 12.5 Å². The monoisotopic (exact) mass is 306 g/mol. The lowest BCUT2D eigenvalue weighted by atomic mass is 10.1. The van der Waals surface area contributed by atoms with Crippen molar-refractivity contribution in [2.75, 3.05) is 5.32 Å². The smallest absolute Gasteiger partial charge is 0.326 e. The van der Waals surface area contributed by atoms with Crippen LogP contribution in [0.5, 0.6) is 0 Å². The standard InChI is InChI=1S/C13H14N4O3S/c1-8-16-17-13(21-8)15-12(20)14-10(11(18)19)7-9-5-3-2-4-6-9/h2-6,10H,7H2,1H3,(H,18,19)(H2,14,15,17,20)/t10-/m0/s1. The molecule has 3 N–H and O–H groups in total. The fourth-order valence-corrected chi connectivity index (χ4v) is 2.28. The predicted octanol–water partition coefficient (Wildman–Crippen LogP) is 1.66. The molecule has 21 heavy (non-hydrogen) atoms. The molecule has 0 saturated heterocycles. The van der Waals surface area contributed by atoms with Crippen LogP contribution in [0, 0.1) is 6.92 Å². The summed E-state index contributed by atoms with van der Waals surface area (Å²) in [7, 11) is 0. The Balaban J connectivity index is 1.96. The molecular weight excluding hydrogens is 292 g/mol. The lowest BCUT2D eigenvalue weighted by Gasteiger charge is -2.14. The number of benzene rings is 1. The lowest BCUT2D eigenvalue weighted by molar-refractivity contribution is -0.139. The molecule has 0 fully saturated rings. The van der Waals surface area contributed by atoms with Crippen molar-refractivity contribution in [2.45, 2.75) is 19.4 Å². The number of anilines is 1. The first-order valence-corrected chi connectivity index (χ1v) is 7.00. The molecule has 0 aliphatic rings. The Hall–Kier alpha value is -2.48. The first kappa shape index (κ1) is 14.9. The van der Waals surface area contributed by atoms with Gasteiger partial charge in [0, 0.05) is 6.42 Å². The van der Waals surface area contributed by atoms with Gasteiger partial charge in [0.2, 0.25) is 5.13 Å². The summed E-state index contributed by atoms with van der Waals surface area (Å²) in [5.41, 5.74) is 0.831. The predicted molar refractivity (Wildman–Crippen MR) is 78.4 cm³/mol. The Morgan fingerprint density at radius 2 is 2.00 bits per heavy atom. The molecule has 0 aliphatic carbocycles. The minimum Gasteiger partial charge on any atom is -0.480 e. The number of amides is 2. The number of hydrogen-bond acceptors (Lipinski definition) is 5. The van der Waals surface area contributed by atoms with Crippen LogP contribution < -0.4 is 10.6 Å². The van der Waals surface area contributed by atoms with E-state index in [0.717, 1.165) is 5.56 Å². The van der Waals surface area contributed by atoms with Gasteiger partial charge in [0.05, 0.1) is 0 Å². The summed E-state index contributed by atoms with van der Waals surface area (Å²) in [6.07, 6.45) is 0.207. The maximum absolute atomic E-state index is 11.8. The molecule has 2 rings (SSSR count). The van der Waals surface area contributed by atoms with Gasteiger partial charge in [-0.2, -0.15) is 0 Å². The van der Waals surface area contributed by atoms with Crippen molar-refractivity contribution >= 4 is 28.5 Å². The van der Waals surface area contributed by atoms with Crippen molar-refractivity contribution in [3.63, 3.8) is 0 Å². The normalized spacial score (nSPS) is 11.7. The zero-order valence-electron chi connectivity index (χ0n) is 11.2. The molecule has 1 heterocycles. The molecule has 0 radical (unpaired) electrons. The fourth-order valence-electron chi connectivity index (χ4n) is 1.69. The third-order valence-electron chi connectivity index (χ3n) is 2.63. The number of aliphatic carboxylic acids is 1. The van der Waals surface area contributed by atoms with Gasteiger partial charge in [-0.15, -0.1) is 10.2 Å². The van der Waals surface area contributed by atoms with Crippen LogP contribution in [0.3, 0.4) is 0 Å². The first-order chi connectivity index (χ1) is 10.0. The molecule has 1 aromatic heterocycles. The van der Waals surface area contributed by atoms with Crippen molar-refractivity contribution < 1.29 is 14.7 Å². The highest BCUT2D eigenvalue weighted by atomic mass is 32.1. The number of aryl methyl sites for hydroxylation is 1. The summed E-state index contributed by atoms with van der Waals surface area (Å²) in [5, 5.41) is 22.6. The van der Waals surface area contributed by atoms with Crippen LogP contribution in [0.4, 0.5) is 9.93 Å². The minimum absolute atomic E-state index is 0.207. The third-order valence-corrected chi connectivity index (χ3v) is 3.39. The van der Waals surface area contributed by atoms with Gasteiger partial charge in [-0.25, -0.2) is 9.59 Å². The lowest BCUT2D eigenvalue weighted by Crippen LogP contribution is -2.44. The third kappa shape index (κ3) is 4.53. The van der Waals surface area contributed by atoms with E-state index in [2.05, 4.69) is 20.8 Å². The molecule has 110 valence electrons. The van der Waals surface area contributed by atoms with E-state index < -0.39 is 18.0 Å². The van der Waals surface area contributed by atoms with E-state index in [0.29, 0.717) is 10.1 Å². The van der Waals surface area contributed by atoms with Crippen LogP contribution in [0.2, 0.25) is 0 Å². The fraction of sp³-hybridized carbons (Fsp3) is 0.231. The molecule has 1 aromatic carbocycles. The molecule has 7 nitrogen and oxygen atoms in total. The number of aromatic nitrogens is 2. The first-order valence-electron chi connectivity index (χ1n) is 6.19. The van der Waals surface area contributed by atoms with E-state index in [9.17, 15) is 14.7 Å². The molecule has 0 unspecified atom stereocenters. The van der Waals surface area contributed by atoms with E-state index in [1.54, 1.807) is 6.92 Å². The van der Waals surface area contributed by atoms with Gasteiger partial charge in [-0.1, -0.05) is 41.7 Å². The minimum atomic E-state index is -1.09. The Kier molecular flexibility index (Phi) is 4.83. The number of urea groups is 1. The number of rotatable bonds is 5. The summed E-state index contributed by atoms with van der Waals surface area (Å²) < 4.78 is 0. The summed E-state index contributed by atoms with van der Waals surface area (Å²) in [5.74, 6) is -1.09. The van der Waals surface area contributed by atoms with E-state index >= 15 is 0 Å². The van der Waals surface area contributed by atoms with Crippen LogP contribution in [0.1, 0.15) is 10.6 Å². The Morgan fingerprint density at radius 1 is 1.29 bits per heavy atom. The van der Waals surface area contributed by atoms with Crippen molar-refractivity contribution in [1.29, 1.82) is 0 Å². The van der Waals surface area contributed by atoms with Gasteiger partial charge in [0.1, 0.15) is 11.0 Å². The SMILES string of the molecule is Cc1nnc(NC(=O)N[C@@H](Cc2ccccc2)C(=O)O)s1. The van der Waals surface area contributed by atoms with Crippen molar-refractivity contribution in [3.05, 3.63) is 40.9 Å². The average molecular weight is 306 g/mol. The second kappa shape index (κ2) is 6.80. The molecule has 1 atom stereocenters. The second-order valence-electron chi connectivity index (χ2n) is 4.31. The number of carboxylic acids is 1. The van der Waals surface area contributed by atoms with E-state index in [-0.39, 0.29) is 6.42 Å². The molecule has 0 aliphatic heterocycles. The summed E-state index contributed by atoms with van der Waals surface area (Å²) >= 11 is 1.21. The molecular formula is C13H14N4O3S. The summed E-state index contributed by atoms with van der Waals surface area (Å²) in [6.45, 7) is 1.76. The number of carbonyl (C=O) groups excluding carboxylic acids is 1. The van der Waals surface area contributed by atoms with Crippen molar-refractivity contribution in [3.8, 4) is 0 Å². The van der Waals surface area contributed by atoms with Crippen LogP contribution in [-0.4, -0.2) is 33.3 Å². The van der Waals surface area contributed by atoms with E-state index in [1.165, 1.54) is 11.3 Å². The molecule has 0 bridgehead atoms. The highest BCUT2D eigenvalue weighted by Crippen LogP contribution is 2.13. The van der Waals surface area contributed by atoms with Crippen LogP contribution >= 0.6 is 11.3 Å². The number of carboxylic acid groups (broad SMARTS) is 1. The maximum atomic E-state index is 11.8. The van der Waals surface area contributed by atoms with Gasteiger partial charge in [-0.3, -0.25) is 5.32 Å². The molecule has 0 saturated carbocycles. The zero-order valence-corrected chi connectivity index (χ0v) is 12.1. The summed E-state index contributed by atoms with van der Waals surface area (Å²) in [6, 6.07) is 7.47. The highest BCUT2D eigenvalue weighted by molar-refractivity contribution is 7.15. The van der Waals surface area contributed by atoms with Gasteiger partial charge in [0.15, 0.2) is 0 Å². The van der Waals surface area contributed by atoms with E-state index in [4.69, 9.17) is 0 Å². The topological polar surface area (TPSA) is 104 Å². The zero-order chi connectivity index (χ0) is 15.2. The molecule has 8 heteroatoms. The number of nitrogens with zero attached hydrogens (tertiary/aromatic N) is 2. The van der Waals surface area contributed by atoms with Gasteiger partial charge in [0.25, 0.3) is 0 Å². The maximum Gasteiger partial charge on any atom is 0.326 e. The van der Waals surface area contributed by atoms with Gasteiger partial charge < -0.3 is 10.4 Å². The largest absolute Gasteiger partial charge is 0.480 e.